The van der Waals surface area contributed by atoms with Gasteiger partial charge >= 0.3 is 30.2 Å². The van der Waals surface area contributed by atoms with Crippen LogP contribution in [0.4, 0.5) is 0 Å². The van der Waals surface area contributed by atoms with E-state index >= 15 is 0 Å². The molecule has 44 heteroatoms. The quantitative estimate of drug-likeness (QED) is 0.0913. The first-order chi connectivity index (χ1) is 18.3. The van der Waals surface area contributed by atoms with Crippen LogP contribution >= 0.6 is 0 Å². The van der Waals surface area contributed by atoms with Gasteiger partial charge < -0.3 is 31.2 Å². The van der Waals surface area contributed by atoms with Gasteiger partial charge in [-0.2, -0.15) is 60.7 Å². The summed E-state index contributed by atoms with van der Waals surface area (Å²) in [5, 5.41) is 125. The van der Waals surface area contributed by atoms with Crippen molar-refractivity contribution >= 4 is 0 Å². The van der Waals surface area contributed by atoms with E-state index < -0.39 is 60.7 Å². The first-order valence-electron chi connectivity index (χ1n) is 6.18. The normalized spacial score (nSPS) is 6.27. The second-order valence-electron chi connectivity index (χ2n) is 2.85. The summed E-state index contributed by atoms with van der Waals surface area (Å²) in [6.07, 6.45) is 0. The third kappa shape index (κ3) is 1820. The van der Waals surface area contributed by atoms with E-state index in [1.165, 1.54) is 0 Å². The molecule has 0 aromatic rings. The van der Waals surface area contributed by atoms with Gasteiger partial charge in [-0.1, -0.05) is 0 Å². The minimum Gasteiger partial charge on any atom is -0.328 e. The molecule has 6 N–H and O–H groups in total. The topological polar surface area (TPSA) is 639 Å². The number of nitro groups is 3. The van der Waals surface area contributed by atoms with E-state index in [0.717, 1.165) is 0 Å². The van der Waals surface area contributed by atoms with Crippen LogP contribution in [0, 0.1) is 121 Å². The Morgan fingerprint density at radius 1 is 0.227 bits per heavy atom. The smallest absolute Gasteiger partial charge is 0.328 e. The molecule has 0 spiro atoms. The van der Waals surface area contributed by atoms with Gasteiger partial charge in [0.25, 0.3) is 30.5 Å². The number of hydrogen-bond donors (Lipinski definition) is 6. The summed E-state index contributed by atoms with van der Waals surface area (Å²) < 4.78 is 0. The monoisotopic (exact) mass is 766 g/mol. The molecule has 0 rings (SSSR count). The second-order valence-corrected chi connectivity index (χ2v) is 2.85. The molecule has 0 radical (unpaired) electrons. The van der Waals surface area contributed by atoms with Crippen LogP contribution in [0.5, 0.6) is 0 Å². The van der Waals surface area contributed by atoms with Gasteiger partial charge in [-0.25, -0.2) is 0 Å². The predicted octanol–water partition coefficient (Wildman–Crippen LogP) is -3.73. The summed E-state index contributed by atoms with van der Waals surface area (Å²) in [5.74, 6) is 0. The number of rotatable bonds is 3. The Morgan fingerprint density at radius 3 is 0.250 bits per heavy atom. The molecule has 0 fully saturated rings. The summed E-state index contributed by atoms with van der Waals surface area (Å²) in [6, 6.07) is 0. The first-order valence-corrected chi connectivity index (χ1v) is 6.18. The van der Waals surface area contributed by atoms with E-state index in [1.54, 1.807) is 0 Å². The van der Waals surface area contributed by atoms with E-state index in [9.17, 15) is 0 Å². The fraction of sp³-hybridized carbons (Fsp3) is 0. The molecule has 0 aliphatic heterocycles. The van der Waals surface area contributed by atoms with Gasteiger partial charge in [-0.05, 0) is 0 Å². The largest absolute Gasteiger partial charge is 0.387 e. The van der Waals surface area contributed by atoms with Gasteiger partial charge in [0.2, 0.25) is 0 Å². The van der Waals surface area contributed by atoms with Crippen molar-refractivity contribution in [2.75, 3.05) is 0 Å². The SMILES string of the molecule is O=[N+]([O-])O.O=[N+]([O-])O.O=[N+]([O-])O.O=[N+]([O-])O.O=[N+]([O-])O.O=[N+]([O-])O.O=[N+]([O-])[N+](=O)[O-].O=[N+]([O-])[N+](=O)[O-].O=[N+]([O-])[N+](=O)[O-].[Fe].[Fe]. The van der Waals surface area contributed by atoms with Crippen molar-refractivity contribution in [2.45, 2.75) is 0 Å². The average molecular weight is 766 g/mol. The number of hydrazine groups is 3. The predicted molar refractivity (Wildman–Crippen MR) is 94.7 cm³/mol. The number of hydrogen-bond acceptors (Lipinski definition) is 24. The summed E-state index contributed by atoms with van der Waals surface area (Å²) in [6.45, 7) is 0. The molecule has 0 bridgehead atoms. The van der Waals surface area contributed by atoms with Gasteiger partial charge in [0.1, 0.15) is 0 Å². The standard InChI is InChI=1S/2Fe.3N2O4.6HNO3/c;;3*3-1(4)2(5)6;6*2-1(3)4/h;;;;;6*(H,2,3,4). The van der Waals surface area contributed by atoms with Crippen molar-refractivity contribution in [3.8, 4) is 0 Å². The van der Waals surface area contributed by atoms with Crippen molar-refractivity contribution in [2.24, 2.45) is 0 Å². The molecule has 0 unspecified atom stereocenters. The Balaban J connectivity index is -0.0000000310. The van der Waals surface area contributed by atoms with Crippen molar-refractivity contribution in [1.82, 2.24) is 0 Å². The maximum Gasteiger partial charge on any atom is 0.387 e. The summed E-state index contributed by atoms with van der Waals surface area (Å²) in [5.41, 5.74) is 0. The molecule has 44 heavy (non-hydrogen) atoms. The van der Waals surface area contributed by atoms with Crippen molar-refractivity contribution < 1.29 is 126 Å². The van der Waals surface area contributed by atoms with Crippen molar-refractivity contribution in [3.63, 3.8) is 0 Å². The zero-order valence-corrected chi connectivity index (χ0v) is 20.8. The number of nitrogens with zero attached hydrogens (tertiary/aromatic N) is 12. The molecular weight excluding hydrogens is 760 g/mol. The molecule has 0 atom stereocenters. The van der Waals surface area contributed by atoms with Crippen LogP contribution in [0.2, 0.25) is 0 Å². The van der Waals surface area contributed by atoms with Gasteiger partial charge in [0.15, 0.2) is 0 Å². The van der Waals surface area contributed by atoms with E-state index in [-0.39, 0.29) is 34.1 Å². The summed E-state index contributed by atoms with van der Waals surface area (Å²) in [7, 11) is 0. The minimum absolute atomic E-state index is 0. The van der Waals surface area contributed by atoms with Crippen molar-refractivity contribution in [3.05, 3.63) is 121 Å². The Labute approximate surface area is 248 Å². The fourth-order valence-electron chi connectivity index (χ4n) is 0. The minimum atomic E-state index is -1.61. The molecule has 0 amide bonds. The average Bonchev–Trinajstić information content (AvgIpc) is 2.66. The summed E-state index contributed by atoms with van der Waals surface area (Å²) >= 11 is 0. The van der Waals surface area contributed by atoms with Gasteiger partial charge in [0.05, 0.1) is 0 Å². The first kappa shape index (κ1) is 70.8. The molecule has 0 heterocycles. The molecular formula is H6Fe2N12O30. The summed E-state index contributed by atoms with van der Waals surface area (Å²) in [4.78, 5) is 103. The van der Waals surface area contributed by atoms with Crippen LogP contribution in [0.15, 0.2) is 0 Å². The maximum atomic E-state index is 8.81. The fourth-order valence-corrected chi connectivity index (χ4v) is 0. The van der Waals surface area contributed by atoms with E-state index in [4.69, 9.17) is 153 Å². The Bertz CT molecular complexity index is 678. The van der Waals surface area contributed by atoms with E-state index in [0.29, 0.717) is 0 Å². The van der Waals surface area contributed by atoms with Crippen LogP contribution in [-0.2, 0) is 34.1 Å². The van der Waals surface area contributed by atoms with Crippen LogP contribution in [-0.4, -0.2) is 92.0 Å². The van der Waals surface area contributed by atoms with Gasteiger partial charge in [-0.3, -0.25) is 0 Å². The third-order valence-electron chi connectivity index (χ3n) is 0.400. The molecule has 0 saturated heterocycles. The van der Waals surface area contributed by atoms with Gasteiger partial charge in [-0.15, -0.1) is 60.7 Å². The van der Waals surface area contributed by atoms with Crippen molar-refractivity contribution in [1.29, 1.82) is 0 Å². The van der Waals surface area contributed by atoms with Crippen LogP contribution < -0.4 is 0 Å². The third-order valence-corrected chi connectivity index (χ3v) is 0.400. The Morgan fingerprint density at radius 2 is 0.250 bits per heavy atom. The molecule has 0 saturated carbocycles. The van der Waals surface area contributed by atoms with Crippen LogP contribution in [0.3, 0.4) is 0 Å². The van der Waals surface area contributed by atoms with Crippen LogP contribution in [0.25, 0.3) is 0 Å². The second kappa shape index (κ2) is 52.1. The Hall–Kier alpha value is -7.36. The van der Waals surface area contributed by atoms with E-state index in [2.05, 4.69) is 0 Å². The van der Waals surface area contributed by atoms with Crippen LogP contribution in [0.1, 0.15) is 0 Å². The molecule has 0 aliphatic rings. The maximum absolute atomic E-state index is 8.81. The molecule has 0 aliphatic carbocycles. The van der Waals surface area contributed by atoms with Gasteiger partial charge in [0, 0.05) is 34.1 Å². The molecule has 262 valence electrons. The molecule has 0 aromatic heterocycles. The zero-order valence-electron chi connectivity index (χ0n) is 18.6. The molecule has 42 nitrogen and oxygen atoms in total. The Kier molecular flexibility index (Phi) is 83.9. The molecule has 0 aromatic carbocycles. The zero-order chi connectivity index (χ0) is 36.9. The van der Waals surface area contributed by atoms with E-state index in [1.807, 2.05) is 0 Å².